The molecule has 0 aliphatic heterocycles. The first-order chi connectivity index (χ1) is 61.4. The highest BCUT2D eigenvalue weighted by Crippen LogP contribution is 2.33. The lowest BCUT2D eigenvalue weighted by molar-refractivity contribution is -0.139. The number of carbonyl (C=O) groups excluding carboxylic acids is 9. The van der Waals surface area contributed by atoms with Gasteiger partial charge in [0.15, 0.2) is 0 Å². The van der Waals surface area contributed by atoms with Crippen LogP contribution >= 0.6 is 0 Å². The molecular weight excluding hydrogens is 1650 g/mol. The van der Waals surface area contributed by atoms with Gasteiger partial charge < -0.3 is 55.9 Å². The summed E-state index contributed by atoms with van der Waals surface area (Å²) >= 11 is 0. The largest absolute Gasteiger partial charge is 0.462 e. The molecule has 9 rings (SSSR count). The lowest BCUT2D eigenvalue weighted by Crippen LogP contribution is -2.09. The van der Waals surface area contributed by atoms with Gasteiger partial charge in [0.25, 0.3) is 0 Å². The number of fused-ring (bicyclic) bond motifs is 3. The Morgan fingerprint density at radius 1 is 0.264 bits per heavy atom. The molecule has 0 atom stereocenters. The molecule has 6 aromatic carbocycles. The van der Waals surface area contributed by atoms with E-state index in [9.17, 15) is 57.5 Å². The summed E-state index contributed by atoms with van der Waals surface area (Å²) in [5.74, 6) is -2.98. The number of carbonyl (C=O) groups is 9. The molecule has 0 saturated heterocycles. The second-order valence-electron chi connectivity index (χ2n) is 31.6. The first-order valence-electron chi connectivity index (χ1n) is 42.6. The summed E-state index contributed by atoms with van der Waals surface area (Å²) in [4.78, 5) is 145. The predicted molar refractivity (Wildman–Crippen MR) is 497 cm³/mol. The Bertz CT molecular complexity index is 5800. The molecule has 0 amide bonds. The van der Waals surface area contributed by atoms with Crippen molar-refractivity contribution in [2.45, 2.75) is 178 Å². The van der Waals surface area contributed by atoms with Gasteiger partial charge in [-0.05, 0) is 301 Å². The Morgan fingerprint density at radius 2 is 0.558 bits per heavy atom. The van der Waals surface area contributed by atoms with Crippen LogP contribution in [-0.4, -0.2) is 93.4 Å². The molecule has 0 unspecified atom stereocenters. The maximum atomic E-state index is 13.2. The lowest BCUT2D eigenvalue weighted by atomic mass is 9.94. The molecule has 678 valence electrons. The molecule has 24 heteroatoms. The van der Waals surface area contributed by atoms with Gasteiger partial charge >= 0.3 is 70.6 Å². The third-order valence-electron chi connectivity index (χ3n) is 19.9. The van der Waals surface area contributed by atoms with Gasteiger partial charge in [0.2, 0.25) is 0 Å². The van der Waals surface area contributed by atoms with Crippen LogP contribution in [0.5, 0.6) is 17.2 Å². The SMILES string of the molecule is C=C(C)C(=O)OCCCCc1cc(CCCCOC(=O)C(=C)C)c2cc(-c3ccc(OC(=O)C(=C)C)cc3)c(=O)oc2c1.C=C(C)C(=O)OCCCCc1cc2cc(-c3ccc(OC(=O)C(=C)C)cc3)c(=O)oc2cc1CCCCOC(=O)C(=C)C.C=C(C)C(=O)OCCCCc1ccc2cc(-c3ccc(OC(=O)C(=C)C)cc3)c(=O)oc2c1CCCCOC(=O)C(=C)C. The molecule has 0 aliphatic rings. The average Bonchev–Trinajstić information content (AvgIpc) is 0.790. The van der Waals surface area contributed by atoms with Crippen molar-refractivity contribution in [2.24, 2.45) is 0 Å². The van der Waals surface area contributed by atoms with E-state index >= 15 is 0 Å². The number of unbranched alkanes of at least 4 members (excludes halogenated alkanes) is 6. The molecule has 0 N–H and O–H groups in total. The van der Waals surface area contributed by atoms with Crippen LogP contribution in [0.3, 0.4) is 0 Å². The van der Waals surface area contributed by atoms with Crippen molar-refractivity contribution in [3.05, 3.63) is 301 Å². The summed E-state index contributed by atoms with van der Waals surface area (Å²) in [7, 11) is 0. The summed E-state index contributed by atoms with van der Waals surface area (Å²) in [6, 6.07) is 37.2. The van der Waals surface area contributed by atoms with E-state index in [1.54, 1.807) is 147 Å². The van der Waals surface area contributed by atoms with Crippen LogP contribution in [0.4, 0.5) is 0 Å². The van der Waals surface area contributed by atoms with Gasteiger partial charge in [-0.2, -0.15) is 0 Å². The fourth-order valence-electron chi connectivity index (χ4n) is 12.7. The van der Waals surface area contributed by atoms with Crippen LogP contribution in [0.15, 0.2) is 264 Å². The van der Waals surface area contributed by atoms with Crippen molar-refractivity contribution in [3.63, 3.8) is 0 Å². The van der Waals surface area contributed by atoms with E-state index in [1.165, 1.54) is 0 Å². The minimum Gasteiger partial charge on any atom is -0.462 e. The Kier molecular flexibility index (Phi) is 40.2. The number of rotatable bonds is 45. The van der Waals surface area contributed by atoms with Gasteiger partial charge in [-0.25, -0.2) is 57.5 Å². The highest BCUT2D eigenvalue weighted by atomic mass is 16.6. The molecule has 0 aliphatic carbocycles. The number of hydrogen-bond donors (Lipinski definition) is 0. The third-order valence-corrected chi connectivity index (χ3v) is 19.9. The van der Waals surface area contributed by atoms with E-state index in [0.29, 0.717) is 204 Å². The van der Waals surface area contributed by atoms with Crippen LogP contribution in [0.1, 0.15) is 173 Å². The number of benzene rings is 6. The second kappa shape index (κ2) is 50.8. The molecule has 0 spiro atoms. The normalized spacial score (nSPS) is 10.7. The first-order valence-corrected chi connectivity index (χ1v) is 42.6. The summed E-state index contributed by atoms with van der Waals surface area (Å²) in [6.45, 7) is 48.4. The van der Waals surface area contributed by atoms with Crippen molar-refractivity contribution in [1.82, 2.24) is 0 Å². The van der Waals surface area contributed by atoms with E-state index in [1.807, 2.05) is 36.4 Å². The maximum Gasteiger partial charge on any atom is 0.344 e. The molecule has 24 nitrogen and oxygen atoms in total. The zero-order valence-electron chi connectivity index (χ0n) is 75.3. The van der Waals surface area contributed by atoms with Crippen LogP contribution in [0.2, 0.25) is 0 Å². The fourth-order valence-corrected chi connectivity index (χ4v) is 12.7. The van der Waals surface area contributed by atoms with Crippen molar-refractivity contribution in [1.29, 1.82) is 0 Å². The van der Waals surface area contributed by atoms with Crippen LogP contribution in [-0.2, 0) is 110 Å². The van der Waals surface area contributed by atoms with Crippen LogP contribution in [0, 0.1) is 0 Å². The number of aryl methyl sites for hydroxylation is 6. The molecule has 0 radical (unpaired) electrons. The minimum absolute atomic E-state index is 0.269. The fraction of sp³-hybridized carbons (Fsp3) is 0.314. The van der Waals surface area contributed by atoms with Crippen molar-refractivity contribution < 1.29 is 99.0 Å². The zero-order valence-corrected chi connectivity index (χ0v) is 75.3. The molecule has 3 aromatic heterocycles. The van der Waals surface area contributed by atoms with E-state index in [-0.39, 0.29) is 29.9 Å². The van der Waals surface area contributed by atoms with E-state index in [4.69, 9.17) is 55.9 Å². The highest BCUT2D eigenvalue weighted by molar-refractivity contribution is 5.93. The standard InChI is InChI=1S/3C35H38O8/c1-22(2)32(36)40-17-9-7-11-26-19-28-20-30(25-13-15-29(16-14-25)42-34(38)24(5)6)35(39)43-31(28)21-27(26)12-8-10-18-41-33(37)23(3)4;1-22(2)32(36)40-17-9-7-11-25-19-27(12-8-10-18-41-33(37)23(3)4)29-21-30(35(39)43-31(29)20-25)26-13-15-28(16-14-26)42-34(38)24(5)6;1-22(2)32(36)40-19-9-7-11-25-13-14-27-21-30(26-15-17-28(18-16-26)42-34(38)24(5)6)35(39)43-31(27)29(25)12-8-10-20-41-33(37)23(3)4/h2*13-16,19-21H,1,3,5,7-12,17-18H2,2,4,6H3;13-18,21H,1,3,5,7-12,19-20H2,2,4,6H3. The highest BCUT2D eigenvalue weighted by Gasteiger charge is 2.21. The van der Waals surface area contributed by atoms with Gasteiger partial charge in [-0.15, -0.1) is 0 Å². The molecule has 0 saturated carbocycles. The Balaban J connectivity index is 0.000000265. The van der Waals surface area contributed by atoms with Crippen molar-refractivity contribution in [3.8, 4) is 50.6 Å². The summed E-state index contributed by atoms with van der Waals surface area (Å²) in [5, 5.41) is 2.36. The van der Waals surface area contributed by atoms with Gasteiger partial charge in [0, 0.05) is 66.3 Å². The summed E-state index contributed by atoms with van der Waals surface area (Å²) in [6.07, 6.45) is 12.7. The molecule has 9 aromatic rings. The first kappa shape index (κ1) is 102. The van der Waals surface area contributed by atoms with Gasteiger partial charge in [-0.1, -0.05) is 114 Å². The number of hydrogen-bond acceptors (Lipinski definition) is 24. The average molecular weight is 1760 g/mol. The molecule has 129 heavy (non-hydrogen) atoms. The lowest BCUT2D eigenvalue weighted by Gasteiger charge is -2.14. The predicted octanol–water partition coefficient (Wildman–Crippen LogP) is 20.5. The Hall–Kier alpha value is -14.2. The number of esters is 9. The summed E-state index contributed by atoms with van der Waals surface area (Å²) in [5.41, 5.74) is 12.2. The molecule has 0 bridgehead atoms. The van der Waals surface area contributed by atoms with Crippen LogP contribution in [0.25, 0.3) is 66.3 Å². The van der Waals surface area contributed by atoms with Gasteiger partial charge in [0.05, 0.1) is 56.3 Å². The minimum atomic E-state index is -0.527. The Morgan fingerprint density at radius 3 is 0.915 bits per heavy atom. The second-order valence-corrected chi connectivity index (χ2v) is 31.6. The maximum absolute atomic E-state index is 13.2. The van der Waals surface area contributed by atoms with E-state index < -0.39 is 70.6 Å². The van der Waals surface area contributed by atoms with Gasteiger partial charge in [-0.3, -0.25) is 0 Å². The van der Waals surface area contributed by atoms with Crippen molar-refractivity contribution >= 4 is 86.6 Å². The topological polar surface area (TPSA) is 327 Å². The molecule has 0 fully saturated rings. The quantitative estimate of drug-likeness (QED) is 0.00854. The zero-order chi connectivity index (χ0) is 94.6. The number of ether oxygens (including phenoxy) is 9. The molecular formula is C105H114O24. The van der Waals surface area contributed by atoms with E-state index in [0.717, 1.165) is 88.1 Å². The molecule has 3 heterocycles. The Labute approximate surface area is 751 Å². The monoisotopic (exact) mass is 1760 g/mol. The van der Waals surface area contributed by atoms with Crippen LogP contribution < -0.4 is 31.1 Å². The van der Waals surface area contributed by atoms with Crippen molar-refractivity contribution in [2.75, 3.05) is 39.6 Å². The van der Waals surface area contributed by atoms with E-state index in [2.05, 4.69) is 65.3 Å². The summed E-state index contributed by atoms with van der Waals surface area (Å²) < 4.78 is 64.5. The smallest absolute Gasteiger partial charge is 0.344 e. The van der Waals surface area contributed by atoms with Gasteiger partial charge in [0.1, 0.15) is 34.0 Å². The third kappa shape index (κ3) is 32.6.